The zero-order valence-corrected chi connectivity index (χ0v) is 18.8. The van der Waals surface area contributed by atoms with Crippen molar-refractivity contribution in [3.63, 3.8) is 0 Å². The predicted molar refractivity (Wildman–Crippen MR) is 120 cm³/mol. The van der Waals surface area contributed by atoms with Crippen molar-refractivity contribution in [1.29, 1.82) is 0 Å². The average molecular weight is 473 g/mol. The summed E-state index contributed by atoms with van der Waals surface area (Å²) in [6.07, 6.45) is -0.301. The van der Waals surface area contributed by atoms with Gasteiger partial charge in [0.05, 0.1) is 24.8 Å². The van der Waals surface area contributed by atoms with Crippen molar-refractivity contribution in [2.75, 3.05) is 19.5 Å². The number of benzene rings is 2. The number of hydrogen-bond donors (Lipinski definition) is 1. The molecule has 0 amide bonds. The highest BCUT2D eigenvalue weighted by Crippen LogP contribution is 2.36. The number of hydrogen-bond acceptors (Lipinski definition) is 3. The largest absolute Gasteiger partial charge is 0.497 e. The van der Waals surface area contributed by atoms with Crippen molar-refractivity contribution in [2.24, 2.45) is 0 Å². The molecule has 9 heteroatoms. The minimum atomic E-state index is -4.50. The van der Waals surface area contributed by atoms with Crippen LogP contribution in [-0.4, -0.2) is 30.3 Å². The van der Waals surface area contributed by atoms with Gasteiger partial charge < -0.3 is 19.7 Å². The van der Waals surface area contributed by atoms with Gasteiger partial charge in [-0.25, -0.2) is 0 Å². The molecule has 0 atom stereocenters. The molecule has 1 aliphatic rings. The molecular weight excluding hydrogens is 449 g/mol. The number of halogens is 4. The molecule has 0 bridgehead atoms. The molecule has 1 N–H and O–H groups in total. The Labute approximate surface area is 190 Å². The van der Waals surface area contributed by atoms with Gasteiger partial charge >= 0.3 is 6.18 Å². The standard InChI is InChI=1S/C22H24ClF3N2O2S/c1-29-17-9-7-14(20(12-17)30-2)13-28(16-5-3-4-6-16)21(31)27-15-8-10-18(19(23)11-15)22(24,25)26/h7-12,16H,3-6,13H2,1-2H3,(H,27,31). The molecule has 0 saturated heterocycles. The molecule has 0 aromatic heterocycles. The Kier molecular flexibility index (Phi) is 7.54. The SMILES string of the molecule is COc1ccc(CN(C(=S)Nc2ccc(C(F)(F)F)c(Cl)c2)C2CCCC2)c(OC)c1. The van der Waals surface area contributed by atoms with Crippen LogP contribution >= 0.6 is 23.8 Å². The molecule has 1 saturated carbocycles. The number of alkyl halides is 3. The first kappa shape index (κ1) is 23.5. The summed E-state index contributed by atoms with van der Waals surface area (Å²) in [6, 6.07) is 9.37. The van der Waals surface area contributed by atoms with Crippen molar-refractivity contribution in [2.45, 2.75) is 44.4 Å². The van der Waals surface area contributed by atoms with Gasteiger partial charge in [0.2, 0.25) is 0 Å². The van der Waals surface area contributed by atoms with Gasteiger partial charge in [0, 0.05) is 29.9 Å². The van der Waals surface area contributed by atoms with Crippen LogP contribution < -0.4 is 14.8 Å². The van der Waals surface area contributed by atoms with Crippen molar-refractivity contribution in [3.8, 4) is 11.5 Å². The Morgan fingerprint density at radius 2 is 1.84 bits per heavy atom. The van der Waals surface area contributed by atoms with Gasteiger partial charge in [-0.2, -0.15) is 13.2 Å². The molecule has 0 unspecified atom stereocenters. The number of thiocarbonyl (C=S) groups is 1. The molecule has 1 aliphatic carbocycles. The summed E-state index contributed by atoms with van der Waals surface area (Å²) in [5.41, 5.74) is 0.471. The summed E-state index contributed by atoms with van der Waals surface area (Å²) in [4.78, 5) is 2.07. The first-order valence-electron chi connectivity index (χ1n) is 9.88. The van der Waals surface area contributed by atoms with E-state index in [9.17, 15) is 13.2 Å². The highest BCUT2D eigenvalue weighted by molar-refractivity contribution is 7.80. The van der Waals surface area contributed by atoms with E-state index in [0.29, 0.717) is 28.8 Å². The topological polar surface area (TPSA) is 33.7 Å². The Hall–Kier alpha value is -2.19. The highest BCUT2D eigenvalue weighted by Gasteiger charge is 2.33. The van der Waals surface area contributed by atoms with E-state index in [4.69, 9.17) is 33.3 Å². The van der Waals surface area contributed by atoms with E-state index in [0.717, 1.165) is 37.3 Å². The molecule has 31 heavy (non-hydrogen) atoms. The molecule has 3 rings (SSSR count). The van der Waals surface area contributed by atoms with Crippen LogP contribution in [0.3, 0.4) is 0 Å². The van der Waals surface area contributed by atoms with Crippen LogP contribution in [0.2, 0.25) is 5.02 Å². The Bertz CT molecular complexity index is 933. The summed E-state index contributed by atoms with van der Waals surface area (Å²) in [5.74, 6) is 1.37. The van der Waals surface area contributed by atoms with Gasteiger partial charge in [0.1, 0.15) is 11.5 Å². The van der Waals surface area contributed by atoms with Crippen LogP contribution in [0.25, 0.3) is 0 Å². The van der Waals surface area contributed by atoms with Crippen molar-refractivity contribution < 1.29 is 22.6 Å². The van der Waals surface area contributed by atoms with E-state index >= 15 is 0 Å². The molecule has 4 nitrogen and oxygen atoms in total. The van der Waals surface area contributed by atoms with E-state index in [1.807, 2.05) is 18.2 Å². The van der Waals surface area contributed by atoms with Crippen LogP contribution in [0, 0.1) is 0 Å². The average Bonchev–Trinajstić information content (AvgIpc) is 3.25. The lowest BCUT2D eigenvalue weighted by atomic mass is 10.1. The van der Waals surface area contributed by atoms with Crippen molar-refractivity contribution in [1.82, 2.24) is 4.90 Å². The second-order valence-electron chi connectivity index (χ2n) is 7.37. The molecule has 0 heterocycles. The minimum Gasteiger partial charge on any atom is -0.497 e. The monoisotopic (exact) mass is 472 g/mol. The van der Waals surface area contributed by atoms with Crippen molar-refractivity contribution in [3.05, 3.63) is 52.5 Å². The maximum absolute atomic E-state index is 13.0. The lowest BCUT2D eigenvalue weighted by Gasteiger charge is -2.32. The lowest BCUT2D eigenvalue weighted by Crippen LogP contribution is -2.41. The fourth-order valence-electron chi connectivity index (χ4n) is 3.77. The summed E-state index contributed by atoms with van der Waals surface area (Å²) in [6.45, 7) is 0.498. The first-order valence-corrected chi connectivity index (χ1v) is 10.7. The van der Waals surface area contributed by atoms with Crippen LogP contribution in [0.15, 0.2) is 36.4 Å². The van der Waals surface area contributed by atoms with Gasteiger partial charge in [-0.3, -0.25) is 0 Å². The normalized spacial score (nSPS) is 14.4. The summed E-state index contributed by atoms with van der Waals surface area (Å²) < 4.78 is 49.7. The van der Waals surface area contributed by atoms with Gasteiger partial charge in [-0.15, -0.1) is 0 Å². The number of anilines is 1. The van der Waals surface area contributed by atoms with E-state index in [2.05, 4.69) is 10.2 Å². The smallest absolute Gasteiger partial charge is 0.417 e. The molecule has 2 aromatic carbocycles. The maximum atomic E-state index is 13.0. The number of nitrogens with zero attached hydrogens (tertiary/aromatic N) is 1. The molecule has 2 aromatic rings. The molecular formula is C22H24ClF3N2O2S. The van der Waals surface area contributed by atoms with E-state index in [1.54, 1.807) is 14.2 Å². The third-order valence-corrected chi connectivity index (χ3v) is 6.04. The number of rotatable bonds is 6. The Morgan fingerprint density at radius 3 is 2.42 bits per heavy atom. The molecule has 168 valence electrons. The fourth-order valence-corrected chi connectivity index (χ4v) is 4.39. The van der Waals surface area contributed by atoms with Crippen LogP contribution in [0.4, 0.5) is 18.9 Å². The zero-order chi connectivity index (χ0) is 22.6. The minimum absolute atomic E-state index is 0.233. The van der Waals surface area contributed by atoms with Crippen LogP contribution in [0.1, 0.15) is 36.8 Å². The number of nitrogens with one attached hydrogen (secondary N) is 1. The van der Waals surface area contributed by atoms with Gasteiger partial charge in [-0.05, 0) is 55.4 Å². The van der Waals surface area contributed by atoms with Gasteiger partial charge in [0.25, 0.3) is 0 Å². The fraction of sp³-hybridized carbons (Fsp3) is 0.409. The summed E-state index contributed by atoms with van der Waals surface area (Å²) in [5, 5.41) is 3.12. The van der Waals surface area contributed by atoms with Crippen molar-refractivity contribution >= 4 is 34.6 Å². The summed E-state index contributed by atoms with van der Waals surface area (Å²) in [7, 11) is 3.19. The van der Waals surface area contributed by atoms with Crippen LogP contribution in [-0.2, 0) is 12.7 Å². The quantitative estimate of drug-likeness (QED) is 0.484. The molecule has 1 fully saturated rings. The second-order valence-corrected chi connectivity index (χ2v) is 8.16. The maximum Gasteiger partial charge on any atom is 0.417 e. The Balaban J connectivity index is 1.83. The van der Waals surface area contributed by atoms with E-state index < -0.39 is 11.7 Å². The molecule has 0 spiro atoms. The number of methoxy groups -OCH3 is 2. The predicted octanol–water partition coefficient (Wildman–Crippen LogP) is 6.52. The van der Waals surface area contributed by atoms with Gasteiger partial charge in [-0.1, -0.05) is 24.4 Å². The van der Waals surface area contributed by atoms with Gasteiger partial charge in [0.15, 0.2) is 5.11 Å². The number of ether oxygens (including phenoxy) is 2. The summed E-state index contributed by atoms with van der Waals surface area (Å²) >= 11 is 11.5. The third-order valence-electron chi connectivity index (χ3n) is 5.39. The second kappa shape index (κ2) is 9.96. The first-order chi connectivity index (χ1) is 14.7. The zero-order valence-electron chi connectivity index (χ0n) is 17.3. The lowest BCUT2D eigenvalue weighted by molar-refractivity contribution is -0.137. The van der Waals surface area contributed by atoms with E-state index in [1.165, 1.54) is 12.1 Å². The molecule has 0 aliphatic heterocycles. The molecule has 0 radical (unpaired) electrons. The third kappa shape index (κ3) is 5.74. The highest BCUT2D eigenvalue weighted by atomic mass is 35.5. The van der Waals surface area contributed by atoms with Crippen LogP contribution in [0.5, 0.6) is 11.5 Å². The van der Waals surface area contributed by atoms with E-state index in [-0.39, 0.29) is 11.1 Å². The Morgan fingerprint density at radius 1 is 1.13 bits per heavy atom.